The minimum absolute atomic E-state index is 0.193. The second kappa shape index (κ2) is 8.06. The first-order chi connectivity index (χ1) is 11.0. The van der Waals surface area contributed by atoms with Crippen molar-refractivity contribution >= 4 is 33.3 Å². The van der Waals surface area contributed by atoms with E-state index in [2.05, 4.69) is 50.6 Å². The van der Waals surface area contributed by atoms with Gasteiger partial charge in [0.25, 0.3) is 5.91 Å². The summed E-state index contributed by atoms with van der Waals surface area (Å²) in [4.78, 5) is 11.9. The maximum Gasteiger partial charge on any atom is 0.271 e. The average molecular weight is 377 g/mol. The summed E-state index contributed by atoms with van der Waals surface area (Å²) in [6, 6.07) is 9.41. The molecule has 0 aliphatic heterocycles. The Balaban J connectivity index is 1.97. The quantitative estimate of drug-likeness (QED) is 0.797. The van der Waals surface area contributed by atoms with Crippen LogP contribution in [0.2, 0.25) is 0 Å². The summed E-state index contributed by atoms with van der Waals surface area (Å²) >= 11 is 3.51. The van der Waals surface area contributed by atoms with Crippen LogP contribution in [0.5, 0.6) is 0 Å². The van der Waals surface area contributed by atoms with Gasteiger partial charge in [0.2, 0.25) is 0 Å². The van der Waals surface area contributed by atoms with Crippen LogP contribution in [-0.2, 0) is 0 Å². The van der Waals surface area contributed by atoms with Crippen LogP contribution in [0.1, 0.15) is 36.3 Å². The van der Waals surface area contributed by atoms with Crippen LogP contribution in [0.25, 0.3) is 0 Å². The van der Waals surface area contributed by atoms with Crippen LogP contribution < -0.4 is 10.6 Å². The van der Waals surface area contributed by atoms with E-state index in [0.29, 0.717) is 24.0 Å². The molecule has 0 bridgehead atoms. The van der Waals surface area contributed by atoms with Crippen molar-refractivity contribution in [2.45, 2.75) is 27.2 Å². The number of hydrogen-bond acceptors (Lipinski definition) is 4. The summed E-state index contributed by atoms with van der Waals surface area (Å²) in [6.45, 7) is 6.92. The van der Waals surface area contributed by atoms with E-state index in [0.717, 1.165) is 16.6 Å². The molecule has 0 aliphatic rings. The number of carbonyl (C=O) groups excluding carboxylic acids is 1. The van der Waals surface area contributed by atoms with Gasteiger partial charge in [-0.25, -0.2) is 0 Å². The van der Waals surface area contributed by atoms with E-state index in [-0.39, 0.29) is 5.91 Å². The smallest absolute Gasteiger partial charge is 0.271 e. The SMILES string of the molecule is Cc1ccc(Nc2ccc(C(=O)NCCC(C)C)nn2)c(Br)c1. The molecule has 2 rings (SSSR count). The minimum Gasteiger partial charge on any atom is -0.351 e. The lowest BCUT2D eigenvalue weighted by molar-refractivity contribution is 0.0946. The number of carbonyl (C=O) groups is 1. The molecule has 1 aromatic carbocycles. The Morgan fingerprint density at radius 2 is 2.00 bits per heavy atom. The van der Waals surface area contributed by atoms with Crippen LogP contribution in [0, 0.1) is 12.8 Å². The van der Waals surface area contributed by atoms with E-state index >= 15 is 0 Å². The fourth-order valence-electron chi connectivity index (χ4n) is 1.94. The third kappa shape index (κ3) is 5.32. The first kappa shape index (κ1) is 17.4. The lowest BCUT2D eigenvalue weighted by atomic mass is 10.1. The highest BCUT2D eigenvalue weighted by Crippen LogP contribution is 2.25. The molecule has 0 saturated heterocycles. The predicted octanol–water partition coefficient (Wildman–Crippen LogP) is 4.07. The van der Waals surface area contributed by atoms with Gasteiger partial charge in [-0.15, -0.1) is 10.2 Å². The maximum atomic E-state index is 11.9. The number of hydrogen-bond donors (Lipinski definition) is 2. The summed E-state index contributed by atoms with van der Waals surface area (Å²) in [7, 11) is 0. The zero-order valence-electron chi connectivity index (χ0n) is 13.6. The van der Waals surface area contributed by atoms with E-state index in [1.807, 2.05) is 25.1 Å². The normalized spacial score (nSPS) is 10.7. The van der Waals surface area contributed by atoms with Gasteiger partial charge in [-0.05, 0) is 65.0 Å². The Morgan fingerprint density at radius 1 is 1.22 bits per heavy atom. The predicted molar refractivity (Wildman–Crippen MR) is 96.0 cm³/mol. The van der Waals surface area contributed by atoms with Gasteiger partial charge in [-0.3, -0.25) is 4.79 Å². The fraction of sp³-hybridized carbons (Fsp3) is 0.353. The van der Waals surface area contributed by atoms with Crippen molar-refractivity contribution in [2.75, 3.05) is 11.9 Å². The Morgan fingerprint density at radius 3 is 2.61 bits per heavy atom. The van der Waals surface area contributed by atoms with Gasteiger partial charge >= 0.3 is 0 Å². The number of benzene rings is 1. The zero-order chi connectivity index (χ0) is 16.8. The molecule has 5 nitrogen and oxygen atoms in total. The van der Waals surface area contributed by atoms with Crippen LogP contribution in [0.3, 0.4) is 0 Å². The van der Waals surface area contributed by atoms with Crippen molar-refractivity contribution in [3.8, 4) is 0 Å². The summed E-state index contributed by atoms with van der Waals surface area (Å²) in [5.41, 5.74) is 2.39. The lowest BCUT2D eigenvalue weighted by Gasteiger charge is -2.09. The molecule has 0 saturated carbocycles. The highest BCUT2D eigenvalue weighted by molar-refractivity contribution is 9.10. The highest BCUT2D eigenvalue weighted by atomic mass is 79.9. The first-order valence-corrected chi connectivity index (χ1v) is 8.40. The average Bonchev–Trinajstić information content (AvgIpc) is 2.50. The number of aryl methyl sites for hydroxylation is 1. The molecule has 0 atom stereocenters. The molecule has 1 heterocycles. The molecule has 0 fully saturated rings. The van der Waals surface area contributed by atoms with Crippen LogP contribution in [-0.4, -0.2) is 22.6 Å². The monoisotopic (exact) mass is 376 g/mol. The second-order valence-corrected chi connectivity index (χ2v) is 6.70. The minimum atomic E-state index is -0.193. The highest BCUT2D eigenvalue weighted by Gasteiger charge is 2.08. The van der Waals surface area contributed by atoms with Gasteiger partial charge in [-0.1, -0.05) is 19.9 Å². The molecular formula is C17H21BrN4O. The van der Waals surface area contributed by atoms with Gasteiger partial charge < -0.3 is 10.6 Å². The molecule has 6 heteroatoms. The molecule has 1 aromatic heterocycles. The van der Waals surface area contributed by atoms with Gasteiger partial charge in [-0.2, -0.15) is 0 Å². The number of nitrogens with zero attached hydrogens (tertiary/aromatic N) is 2. The molecule has 1 amide bonds. The van der Waals surface area contributed by atoms with E-state index < -0.39 is 0 Å². The molecule has 2 aromatic rings. The number of rotatable bonds is 6. The van der Waals surface area contributed by atoms with Crippen LogP contribution in [0.4, 0.5) is 11.5 Å². The molecule has 0 radical (unpaired) electrons. The van der Waals surface area contributed by atoms with Crippen molar-refractivity contribution < 1.29 is 4.79 Å². The van der Waals surface area contributed by atoms with Gasteiger partial charge in [0.05, 0.1) is 5.69 Å². The molecule has 2 N–H and O–H groups in total. The molecule has 0 spiro atoms. The van der Waals surface area contributed by atoms with E-state index in [9.17, 15) is 4.79 Å². The topological polar surface area (TPSA) is 66.9 Å². The number of amides is 1. The number of aromatic nitrogens is 2. The number of anilines is 2. The number of halogens is 1. The van der Waals surface area contributed by atoms with Gasteiger partial charge in [0.15, 0.2) is 11.5 Å². The van der Waals surface area contributed by atoms with Gasteiger partial charge in [0.1, 0.15) is 0 Å². The van der Waals surface area contributed by atoms with Crippen molar-refractivity contribution in [3.63, 3.8) is 0 Å². The van der Waals surface area contributed by atoms with Gasteiger partial charge in [0, 0.05) is 11.0 Å². The first-order valence-electron chi connectivity index (χ1n) is 7.61. The summed E-state index contributed by atoms with van der Waals surface area (Å²) in [6.07, 6.45) is 0.945. The molecule has 122 valence electrons. The van der Waals surface area contributed by atoms with Crippen LogP contribution in [0.15, 0.2) is 34.8 Å². The molecular weight excluding hydrogens is 356 g/mol. The van der Waals surface area contributed by atoms with Crippen molar-refractivity contribution in [3.05, 3.63) is 46.1 Å². The molecule has 23 heavy (non-hydrogen) atoms. The lowest BCUT2D eigenvalue weighted by Crippen LogP contribution is -2.26. The molecule has 0 unspecified atom stereocenters. The standard InChI is InChI=1S/C17H21BrN4O/c1-11(2)8-9-19-17(23)15-6-7-16(22-21-15)20-14-5-4-12(3)10-13(14)18/h4-7,10-11H,8-9H2,1-3H3,(H,19,23)(H,20,22). The van der Waals surface area contributed by atoms with Crippen molar-refractivity contribution in [2.24, 2.45) is 5.92 Å². The second-order valence-electron chi connectivity index (χ2n) is 5.85. The zero-order valence-corrected chi connectivity index (χ0v) is 15.1. The Labute approximate surface area is 145 Å². The van der Waals surface area contributed by atoms with Crippen molar-refractivity contribution in [1.82, 2.24) is 15.5 Å². The summed E-state index contributed by atoms with van der Waals surface area (Å²) < 4.78 is 0.954. The third-order valence-electron chi connectivity index (χ3n) is 3.29. The van der Waals surface area contributed by atoms with Crippen molar-refractivity contribution in [1.29, 1.82) is 0 Å². The number of nitrogens with one attached hydrogen (secondary N) is 2. The Bertz CT molecular complexity index is 671. The Hall–Kier alpha value is -1.95. The van der Waals surface area contributed by atoms with E-state index in [1.54, 1.807) is 12.1 Å². The summed E-state index contributed by atoms with van der Waals surface area (Å²) in [5.74, 6) is 0.954. The molecule has 0 aliphatic carbocycles. The fourth-order valence-corrected chi connectivity index (χ4v) is 2.54. The van der Waals surface area contributed by atoms with Crippen LogP contribution >= 0.6 is 15.9 Å². The largest absolute Gasteiger partial charge is 0.351 e. The van der Waals surface area contributed by atoms with E-state index in [1.165, 1.54) is 5.56 Å². The maximum absolute atomic E-state index is 11.9. The summed E-state index contributed by atoms with van der Waals surface area (Å²) in [5, 5.41) is 14.1. The third-order valence-corrected chi connectivity index (χ3v) is 3.95. The Kier molecular flexibility index (Phi) is 6.10. The van der Waals surface area contributed by atoms with E-state index in [4.69, 9.17) is 0 Å².